The first kappa shape index (κ1) is 11.1. The molecule has 0 aromatic carbocycles. The topological polar surface area (TPSA) is 50.9 Å². The van der Waals surface area contributed by atoms with E-state index in [4.69, 9.17) is 11.6 Å². The zero-order valence-corrected chi connectivity index (χ0v) is 9.81. The summed E-state index contributed by atoms with van der Waals surface area (Å²) in [6, 6.07) is 3.61. The molecular formula is C11H12ClN3O. The molecule has 0 unspecified atom stereocenters. The number of rotatable bonds is 2. The number of hydrogen-bond acceptors (Lipinski definition) is 3. The summed E-state index contributed by atoms with van der Waals surface area (Å²) in [5, 5.41) is 14.2. The van der Waals surface area contributed by atoms with Crippen LogP contribution in [0.2, 0.25) is 5.02 Å². The summed E-state index contributed by atoms with van der Waals surface area (Å²) in [7, 11) is 0. The van der Waals surface area contributed by atoms with E-state index in [1.165, 1.54) is 0 Å². The Labute approximate surface area is 98.5 Å². The molecule has 5 heteroatoms. The van der Waals surface area contributed by atoms with Crippen molar-refractivity contribution in [2.24, 2.45) is 0 Å². The fraction of sp³-hybridized carbons (Fsp3) is 0.273. The van der Waals surface area contributed by atoms with Crippen LogP contribution < -0.4 is 0 Å². The summed E-state index contributed by atoms with van der Waals surface area (Å²) in [6.45, 7) is 3.52. The Kier molecular flexibility index (Phi) is 2.94. The van der Waals surface area contributed by atoms with Gasteiger partial charge in [-0.3, -0.25) is 4.98 Å². The Morgan fingerprint density at radius 1 is 1.44 bits per heavy atom. The second kappa shape index (κ2) is 4.23. The number of aromatic nitrogens is 3. The fourth-order valence-electron chi connectivity index (χ4n) is 1.35. The van der Waals surface area contributed by atoms with Crippen LogP contribution >= 0.6 is 11.6 Å². The van der Waals surface area contributed by atoms with Crippen molar-refractivity contribution in [3.63, 3.8) is 0 Å². The molecule has 0 aliphatic carbocycles. The van der Waals surface area contributed by atoms with E-state index in [0.29, 0.717) is 10.7 Å². The normalized spacial score (nSPS) is 12.8. The molecule has 4 nitrogen and oxygen atoms in total. The highest BCUT2D eigenvalue weighted by molar-refractivity contribution is 6.31. The maximum atomic E-state index is 9.33. The molecular weight excluding hydrogens is 226 g/mol. The van der Waals surface area contributed by atoms with Gasteiger partial charge in [-0.1, -0.05) is 11.6 Å². The number of aliphatic hydroxyl groups is 1. The van der Waals surface area contributed by atoms with Crippen molar-refractivity contribution in [2.75, 3.05) is 0 Å². The van der Waals surface area contributed by atoms with E-state index in [1.54, 1.807) is 30.1 Å². The average molecular weight is 238 g/mol. The van der Waals surface area contributed by atoms with E-state index >= 15 is 0 Å². The van der Waals surface area contributed by atoms with Gasteiger partial charge in [-0.25, -0.2) is 4.68 Å². The Morgan fingerprint density at radius 3 is 2.62 bits per heavy atom. The van der Waals surface area contributed by atoms with Crippen LogP contribution in [0.15, 0.2) is 24.5 Å². The number of aliphatic hydroxyl groups excluding tert-OH is 1. The maximum absolute atomic E-state index is 9.33. The third-order valence-corrected chi connectivity index (χ3v) is 2.67. The van der Waals surface area contributed by atoms with Crippen LogP contribution in [0.25, 0.3) is 5.69 Å². The van der Waals surface area contributed by atoms with Crippen LogP contribution in [0.4, 0.5) is 0 Å². The van der Waals surface area contributed by atoms with Crippen molar-refractivity contribution in [3.8, 4) is 5.69 Å². The Bertz CT molecular complexity index is 471. The number of pyridine rings is 1. The van der Waals surface area contributed by atoms with Crippen molar-refractivity contribution in [3.05, 3.63) is 40.9 Å². The lowest BCUT2D eigenvalue weighted by molar-refractivity contribution is 0.194. The maximum Gasteiger partial charge on any atom is 0.0931 e. The van der Waals surface area contributed by atoms with Gasteiger partial charge in [-0.15, -0.1) is 0 Å². The molecule has 0 aliphatic heterocycles. The molecule has 0 radical (unpaired) electrons. The summed E-state index contributed by atoms with van der Waals surface area (Å²) in [5.41, 5.74) is 2.24. The zero-order valence-electron chi connectivity index (χ0n) is 9.05. The molecule has 0 bridgehead atoms. The number of nitrogens with zero attached hydrogens (tertiary/aromatic N) is 3. The minimum Gasteiger partial charge on any atom is -0.387 e. The quantitative estimate of drug-likeness (QED) is 0.872. The highest BCUT2D eigenvalue weighted by Gasteiger charge is 2.06. The number of aryl methyl sites for hydroxylation is 1. The van der Waals surface area contributed by atoms with Crippen molar-refractivity contribution < 1.29 is 5.11 Å². The van der Waals surface area contributed by atoms with Gasteiger partial charge >= 0.3 is 0 Å². The van der Waals surface area contributed by atoms with E-state index in [-0.39, 0.29) is 0 Å². The molecule has 16 heavy (non-hydrogen) atoms. The molecule has 0 aliphatic rings. The predicted molar refractivity (Wildman–Crippen MR) is 61.7 cm³/mol. The Hall–Kier alpha value is -1.39. The van der Waals surface area contributed by atoms with Crippen LogP contribution in [0.1, 0.15) is 24.4 Å². The second-order valence-corrected chi connectivity index (χ2v) is 4.03. The van der Waals surface area contributed by atoms with Gasteiger partial charge in [-0.2, -0.15) is 5.10 Å². The van der Waals surface area contributed by atoms with Crippen LogP contribution in [0.5, 0.6) is 0 Å². The van der Waals surface area contributed by atoms with E-state index < -0.39 is 6.10 Å². The molecule has 84 valence electrons. The summed E-state index contributed by atoms with van der Waals surface area (Å²) < 4.78 is 1.66. The van der Waals surface area contributed by atoms with Gasteiger partial charge in [0.25, 0.3) is 0 Å². The largest absolute Gasteiger partial charge is 0.387 e. The summed E-state index contributed by atoms with van der Waals surface area (Å²) >= 11 is 5.92. The standard InChI is InChI=1S/C11H12ClN3O/c1-7-10(12)6-15(14-7)9-3-4-11(8(2)16)13-5-9/h3-6,8,16H,1-2H3/t8-/m0/s1. The lowest BCUT2D eigenvalue weighted by Gasteiger charge is -2.05. The molecule has 0 saturated carbocycles. The summed E-state index contributed by atoms with van der Waals surface area (Å²) in [6.07, 6.45) is 2.83. The second-order valence-electron chi connectivity index (χ2n) is 3.62. The van der Waals surface area contributed by atoms with Crippen LogP contribution in [-0.2, 0) is 0 Å². The Morgan fingerprint density at radius 2 is 2.19 bits per heavy atom. The molecule has 2 aromatic rings. The van der Waals surface area contributed by atoms with Gasteiger partial charge in [0.05, 0.1) is 34.4 Å². The van der Waals surface area contributed by atoms with E-state index in [0.717, 1.165) is 11.4 Å². The van der Waals surface area contributed by atoms with Crippen molar-refractivity contribution in [1.82, 2.24) is 14.8 Å². The summed E-state index contributed by atoms with van der Waals surface area (Å²) in [4.78, 5) is 4.14. The number of halogens is 1. The Balaban J connectivity index is 2.34. The van der Waals surface area contributed by atoms with Gasteiger partial charge in [-0.05, 0) is 26.0 Å². The lowest BCUT2D eigenvalue weighted by Crippen LogP contribution is -1.99. The van der Waals surface area contributed by atoms with Crippen LogP contribution in [0.3, 0.4) is 0 Å². The minimum absolute atomic E-state index is 0.558. The van der Waals surface area contributed by atoms with Gasteiger partial charge in [0.2, 0.25) is 0 Å². The third kappa shape index (κ3) is 2.08. The van der Waals surface area contributed by atoms with E-state index in [9.17, 15) is 5.11 Å². The van der Waals surface area contributed by atoms with Crippen LogP contribution in [0, 0.1) is 6.92 Å². The monoisotopic (exact) mass is 237 g/mol. The van der Waals surface area contributed by atoms with Crippen LogP contribution in [-0.4, -0.2) is 19.9 Å². The van der Waals surface area contributed by atoms with Crippen molar-refractivity contribution >= 4 is 11.6 Å². The predicted octanol–water partition coefficient (Wildman–Crippen LogP) is 2.28. The van der Waals surface area contributed by atoms with Gasteiger partial charge in [0.1, 0.15) is 0 Å². The van der Waals surface area contributed by atoms with Gasteiger partial charge in [0.15, 0.2) is 0 Å². The smallest absolute Gasteiger partial charge is 0.0931 e. The minimum atomic E-state index is -0.558. The van der Waals surface area contributed by atoms with E-state index in [1.807, 2.05) is 13.0 Å². The summed E-state index contributed by atoms with van der Waals surface area (Å²) in [5.74, 6) is 0. The van der Waals surface area contributed by atoms with Gasteiger partial charge < -0.3 is 5.11 Å². The molecule has 0 amide bonds. The molecule has 2 rings (SSSR count). The third-order valence-electron chi connectivity index (χ3n) is 2.30. The van der Waals surface area contributed by atoms with Crippen molar-refractivity contribution in [2.45, 2.75) is 20.0 Å². The molecule has 1 N–H and O–H groups in total. The first-order valence-electron chi connectivity index (χ1n) is 4.94. The zero-order chi connectivity index (χ0) is 11.7. The highest BCUT2D eigenvalue weighted by Crippen LogP contribution is 2.17. The molecule has 0 saturated heterocycles. The molecule has 0 spiro atoms. The molecule has 1 atom stereocenters. The molecule has 2 heterocycles. The molecule has 2 aromatic heterocycles. The fourth-order valence-corrected chi connectivity index (χ4v) is 1.48. The average Bonchev–Trinajstić information content (AvgIpc) is 2.59. The van der Waals surface area contributed by atoms with Crippen molar-refractivity contribution in [1.29, 1.82) is 0 Å². The van der Waals surface area contributed by atoms with E-state index in [2.05, 4.69) is 10.1 Å². The molecule has 0 fully saturated rings. The lowest BCUT2D eigenvalue weighted by atomic mass is 10.2. The first-order chi connectivity index (χ1) is 7.58. The number of hydrogen-bond donors (Lipinski definition) is 1. The first-order valence-corrected chi connectivity index (χ1v) is 5.32. The highest BCUT2D eigenvalue weighted by atomic mass is 35.5. The SMILES string of the molecule is Cc1nn(-c2ccc([C@H](C)O)nc2)cc1Cl. The van der Waals surface area contributed by atoms with Gasteiger partial charge in [0, 0.05) is 6.20 Å².